The molecule has 0 unspecified atom stereocenters. The van der Waals surface area contributed by atoms with Crippen molar-refractivity contribution in [2.24, 2.45) is 0 Å². The number of hydrazine groups is 1. The van der Waals surface area contributed by atoms with Crippen molar-refractivity contribution in [2.75, 3.05) is 12.1 Å². The second-order valence-electron chi connectivity index (χ2n) is 5.74. The Morgan fingerprint density at radius 1 is 1.25 bits per heavy atom. The Kier molecular flexibility index (Phi) is 4.95. The summed E-state index contributed by atoms with van der Waals surface area (Å²) in [6, 6.07) is 6.92. The second-order valence-corrected chi connectivity index (χ2v) is 5.74. The van der Waals surface area contributed by atoms with Gasteiger partial charge in [-0.15, -0.1) is 0 Å². The molecule has 0 radical (unpaired) electrons. The number of ether oxygens (including phenoxy) is 1. The third kappa shape index (κ3) is 3.90. The van der Waals surface area contributed by atoms with E-state index in [1.54, 1.807) is 0 Å². The van der Waals surface area contributed by atoms with Gasteiger partial charge in [-0.1, -0.05) is 6.07 Å². The average molecular weight is 394 g/mol. The van der Waals surface area contributed by atoms with Gasteiger partial charge in [-0.05, 0) is 36.4 Å². The number of alkyl halides is 3. The van der Waals surface area contributed by atoms with E-state index in [1.165, 1.54) is 25.3 Å². The van der Waals surface area contributed by atoms with Crippen molar-refractivity contribution in [1.82, 2.24) is 5.43 Å². The molecule has 146 valence electrons. The van der Waals surface area contributed by atoms with Crippen LogP contribution in [0.4, 0.5) is 18.9 Å². The van der Waals surface area contributed by atoms with Crippen molar-refractivity contribution < 1.29 is 36.7 Å². The molecule has 2 heterocycles. The van der Waals surface area contributed by atoms with Gasteiger partial charge in [-0.3, -0.25) is 19.8 Å². The summed E-state index contributed by atoms with van der Waals surface area (Å²) in [7, 11) is 1.22. The van der Waals surface area contributed by atoms with Crippen LogP contribution >= 0.6 is 0 Å². The first-order chi connectivity index (χ1) is 13.2. The van der Waals surface area contributed by atoms with Crippen LogP contribution < -0.4 is 10.4 Å². The quantitative estimate of drug-likeness (QED) is 0.489. The minimum absolute atomic E-state index is 0.128. The topological polar surface area (TPSA) is 88.9 Å². The van der Waals surface area contributed by atoms with Crippen molar-refractivity contribution in [1.29, 1.82) is 0 Å². The Morgan fingerprint density at radius 3 is 2.68 bits per heavy atom. The largest absolute Gasteiger partial charge is 0.469 e. The van der Waals surface area contributed by atoms with Crippen molar-refractivity contribution in [3.05, 3.63) is 59.1 Å². The van der Waals surface area contributed by atoms with Crippen molar-refractivity contribution in [2.45, 2.75) is 12.6 Å². The first kappa shape index (κ1) is 19.2. The summed E-state index contributed by atoms with van der Waals surface area (Å²) >= 11 is 0. The van der Waals surface area contributed by atoms with Crippen molar-refractivity contribution in [3.8, 4) is 0 Å². The van der Waals surface area contributed by atoms with Crippen LogP contribution in [0.15, 0.2) is 46.4 Å². The normalized spacial score (nSPS) is 15.9. The molecular weight excluding hydrogens is 381 g/mol. The lowest BCUT2D eigenvalue weighted by molar-refractivity contribution is -0.140. The Morgan fingerprint density at radius 2 is 2.00 bits per heavy atom. The molecule has 1 aliphatic heterocycles. The molecule has 0 saturated carbocycles. The maximum absolute atomic E-state index is 12.9. The van der Waals surface area contributed by atoms with E-state index in [0.29, 0.717) is 0 Å². The number of methoxy groups -OCH3 is 1. The maximum Gasteiger partial charge on any atom is 0.416 e. The number of anilines is 1. The molecule has 7 nitrogen and oxygen atoms in total. The molecule has 28 heavy (non-hydrogen) atoms. The van der Waals surface area contributed by atoms with Gasteiger partial charge < -0.3 is 9.15 Å². The molecule has 1 N–H and O–H groups in total. The van der Waals surface area contributed by atoms with Crippen LogP contribution in [0, 0.1) is 0 Å². The number of esters is 1. The molecule has 0 bridgehead atoms. The summed E-state index contributed by atoms with van der Waals surface area (Å²) in [5.74, 6) is -1.77. The van der Waals surface area contributed by atoms with E-state index in [4.69, 9.17) is 4.42 Å². The fourth-order valence-corrected chi connectivity index (χ4v) is 2.48. The molecule has 0 aliphatic carbocycles. The lowest BCUT2D eigenvalue weighted by Gasteiger charge is -2.16. The summed E-state index contributed by atoms with van der Waals surface area (Å²) in [5.41, 5.74) is 0.795. The third-order valence-electron chi connectivity index (χ3n) is 3.84. The summed E-state index contributed by atoms with van der Waals surface area (Å²) in [5, 5.41) is 0.724. The molecular formula is C18H13F3N2O5. The molecule has 1 saturated heterocycles. The maximum atomic E-state index is 12.9. The number of carbonyl (C=O) groups is 3. The number of furan rings is 1. The molecule has 3 rings (SSSR count). The van der Waals surface area contributed by atoms with E-state index in [1.807, 2.05) is 0 Å². The molecule has 2 aromatic rings. The van der Waals surface area contributed by atoms with Gasteiger partial charge in [0.1, 0.15) is 23.5 Å². The van der Waals surface area contributed by atoms with Gasteiger partial charge in [-0.25, -0.2) is 5.01 Å². The number of nitrogens with zero attached hydrogens (tertiary/aromatic N) is 1. The van der Waals surface area contributed by atoms with Crippen LogP contribution in [0.5, 0.6) is 0 Å². The Bertz CT molecular complexity index is 978. The fraction of sp³-hybridized carbons (Fsp3) is 0.167. The molecule has 1 aliphatic rings. The monoisotopic (exact) mass is 394 g/mol. The lowest BCUT2D eigenvalue weighted by Crippen LogP contribution is -2.35. The van der Waals surface area contributed by atoms with Gasteiger partial charge >= 0.3 is 12.1 Å². The highest BCUT2D eigenvalue weighted by molar-refractivity contribution is 6.31. The number of amides is 2. The average Bonchev–Trinajstić information content (AvgIpc) is 3.20. The first-order valence-electron chi connectivity index (χ1n) is 7.89. The molecule has 2 amide bonds. The number of benzene rings is 1. The number of nitrogens with one attached hydrogen (secondary N) is 1. The lowest BCUT2D eigenvalue weighted by atomic mass is 10.1. The first-order valence-corrected chi connectivity index (χ1v) is 7.89. The molecule has 0 spiro atoms. The Labute approximate surface area is 156 Å². The van der Waals surface area contributed by atoms with Gasteiger partial charge in [0.2, 0.25) is 0 Å². The van der Waals surface area contributed by atoms with E-state index in [2.05, 4.69) is 10.2 Å². The Balaban J connectivity index is 1.84. The standard InChI is InChI=1S/C18H13F3N2O5/c1-27-15(24)9-13-6-5-12(28-13)8-14-16(25)22-23(17(14)26)11-4-2-3-10(7-11)18(19,20)21/h2-8H,9H2,1H3,(H,22,25)/b14-8-. The van der Waals surface area contributed by atoms with Gasteiger partial charge in [0.15, 0.2) is 0 Å². The zero-order valence-corrected chi connectivity index (χ0v) is 14.4. The summed E-state index contributed by atoms with van der Waals surface area (Å²) in [4.78, 5) is 35.8. The number of carbonyl (C=O) groups excluding carboxylic acids is 3. The van der Waals surface area contributed by atoms with Gasteiger partial charge in [0, 0.05) is 0 Å². The summed E-state index contributed by atoms with van der Waals surface area (Å²) in [6.45, 7) is 0. The van der Waals surface area contributed by atoms with E-state index < -0.39 is 29.5 Å². The zero-order valence-electron chi connectivity index (χ0n) is 14.4. The number of rotatable bonds is 4. The highest BCUT2D eigenvalue weighted by atomic mass is 19.4. The van der Waals surface area contributed by atoms with Gasteiger partial charge in [-0.2, -0.15) is 13.2 Å². The van der Waals surface area contributed by atoms with Gasteiger partial charge in [0.25, 0.3) is 11.8 Å². The van der Waals surface area contributed by atoms with Crippen LogP contribution in [0.2, 0.25) is 0 Å². The minimum Gasteiger partial charge on any atom is -0.469 e. The Hall–Kier alpha value is -3.56. The molecule has 1 fully saturated rings. The summed E-state index contributed by atoms with van der Waals surface area (Å²) in [6.07, 6.45) is -3.58. The third-order valence-corrected chi connectivity index (χ3v) is 3.84. The fourth-order valence-electron chi connectivity index (χ4n) is 2.48. The van der Waals surface area contributed by atoms with Crippen LogP contribution in [0.25, 0.3) is 6.08 Å². The zero-order chi connectivity index (χ0) is 20.5. The number of hydrogen-bond donors (Lipinski definition) is 1. The SMILES string of the molecule is COC(=O)Cc1ccc(/C=C2/C(=O)NN(c3cccc(C(F)(F)F)c3)C2=O)o1. The molecule has 1 aromatic heterocycles. The highest BCUT2D eigenvalue weighted by Gasteiger charge is 2.36. The minimum atomic E-state index is -4.59. The van der Waals surface area contributed by atoms with E-state index >= 15 is 0 Å². The highest BCUT2D eigenvalue weighted by Crippen LogP contribution is 2.32. The second kappa shape index (κ2) is 7.22. The predicted molar refractivity (Wildman–Crippen MR) is 89.5 cm³/mol. The van der Waals surface area contributed by atoms with Gasteiger partial charge in [0.05, 0.1) is 18.4 Å². The molecule has 1 aromatic carbocycles. The number of halogens is 3. The van der Waals surface area contributed by atoms with Crippen LogP contribution in [0.1, 0.15) is 17.1 Å². The summed E-state index contributed by atoms with van der Waals surface area (Å²) < 4.78 is 48.4. The number of hydrogen-bond acceptors (Lipinski definition) is 5. The van der Waals surface area contributed by atoms with Crippen LogP contribution in [-0.2, 0) is 31.7 Å². The van der Waals surface area contributed by atoms with E-state index in [9.17, 15) is 27.6 Å². The predicted octanol–water partition coefficient (Wildman–Crippen LogP) is 2.48. The smallest absolute Gasteiger partial charge is 0.416 e. The molecule has 0 atom stereocenters. The van der Waals surface area contributed by atoms with E-state index in [-0.39, 0.29) is 29.2 Å². The van der Waals surface area contributed by atoms with E-state index in [0.717, 1.165) is 29.3 Å². The van der Waals surface area contributed by atoms with Crippen LogP contribution in [-0.4, -0.2) is 24.9 Å². The van der Waals surface area contributed by atoms with Crippen molar-refractivity contribution in [3.63, 3.8) is 0 Å². The van der Waals surface area contributed by atoms with Crippen LogP contribution in [0.3, 0.4) is 0 Å². The van der Waals surface area contributed by atoms with Crippen molar-refractivity contribution >= 4 is 29.5 Å². The molecule has 10 heteroatoms.